The highest BCUT2D eigenvalue weighted by Crippen LogP contribution is 2.34. The Labute approximate surface area is 124 Å². The number of nitrogens with zero attached hydrogens (tertiary/aromatic N) is 2. The van der Waals surface area contributed by atoms with E-state index in [2.05, 4.69) is 39.8 Å². The first-order valence-corrected chi connectivity index (χ1v) is 7.54. The molecule has 2 atom stereocenters. The summed E-state index contributed by atoms with van der Waals surface area (Å²) in [6.07, 6.45) is 3.07. The van der Waals surface area contributed by atoms with Gasteiger partial charge in [-0.05, 0) is 38.3 Å². The number of hydrogen-bond donors (Lipinski definition) is 2. The predicted octanol–water partition coefficient (Wildman–Crippen LogP) is 1.95. The fraction of sp³-hybridized carbons (Fsp3) is 0.500. The molecule has 5 nitrogen and oxygen atoms in total. The fourth-order valence-corrected chi connectivity index (χ4v) is 3.00. The van der Waals surface area contributed by atoms with E-state index in [-0.39, 0.29) is 11.5 Å². The molecule has 0 saturated carbocycles. The molecule has 1 fully saturated rings. The highest BCUT2D eigenvalue weighted by Gasteiger charge is 2.39. The van der Waals surface area contributed by atoms with Gasteiger partial charge in [-0.15, -0.1) is 10.2 Å². The Balaban J connectivity index is 1.92. The second-order valence-corrected chi connectivity index (χ2v) is 5.96. The van der Waals surface area contributed by atoms with Crippen LogP contribution in [-0.2, 0) is 11.8 Å². The van der Waals surface area contributed by atoms with Crippen molar-refractivity contribution in [2.45, 2.75) is 37.6 Å². The lowest BCUT2D eigenvalue weighted by molar-refractivity contribution is 0.242. The molecular weight excluding hydrogens is 264 g/mol. The van der Waals surface area contributed by atoms with Crippen LogP contribution in [0.2, 0.25) is 0 Å². The summed E-state index contributed by atoms with van der Waals surface area (Å²) >= 11 is 0. The number of rotatable bonds is 4. The van der Waals surface area contributed by atoms with Gasteiger partial charge in [-0.25, -0.2) is 0 Å². The molecule has 1 aliphatic rings. The van der Waals surface area contributed by atoms with Crippen molar-refractivity contribution in [2.75, 3.05) is 13.1 Å². The Bertz CT molecular complexity index is 573. The van der Waals surface area contributed by atoms with Crippen molar-refractivity contribution < 1.29 is 4.42 Å². The van der Waals surface area contributed by atoms with Gasteiger partial charge in [0.05, 0.1) is 11.5 Å². The molecule has 1 saturated heterocycles. The van der Waals surface area contributed by atoms with Crippen LogP contribution in [0.5, 0.6) is 0 Å². The number of aromatic nitrogens is 2. The summed E-state index contributed by atoms with van der Waals surface area (Å²) in [5.41, 5.74) is 7.01. The lowest BCUT2D eigenvalue weighted by Gasteiger charge is -2.34. The second-order valence-electron chi connectivity index (χ2n) is 5.96. The van der Waals surface area contributed by atoms with Gasteiger partial charge in [-0.1, -0.05) is 30.3 Å². The lowest BCUT2D eigenvalue weighted by atomic mass is 9.75. The molecule has 1 aromatic carbocycles. The van der Waals surface area contributed by atoms with Crippen molar-refractivity contribution in [2.24, 2.45) is 5.73 Å². The third kappa shape index (κ3) is 2.99. The zero-order chi connectivity index (χ0) is 14.7. The third-order valence-electron chi connectivity index (χ3n) is 4.14. The average molecular weight is 286 g/mol. The summed E-state index contributed by atoms with van der Waals surface area (Å²) in [5.74, 6) is 1.23. The Kier molecular flexibility index (Phi) is 4.03. The van der Waals surface area contributed by atoms with Crippen LogP contribution in [0, 0.1) is 0 Å². The molecule has 3 rings (SSSR count). The van der Waals surface area contributed by atoms with E-state index in [1.165, 1.54) is 5.56 Å². The third-order valence-corrected chi connectivity index (χ3v) is 4.14. The minimum absolute atomic E-state index is 0.125. The van der Waals surface area contributed by atoms with Crippen molar-refractivity contribution >= 4 is 0 Å². The van der Waals surface area contributed by atoms with E-state index in [0.717, 1.165) is 32.4 Å². The molecule has 2 unspecified atom stereocenters. The Hall–Kier alpha value is -1.72. The molecule has 0 radical (unpaired) electrons. The molecule has 2 heterocycles. The largest absolute Gasteiger partial charge is 0.423 e. The second kappa shape index (κ2) is 5.95. The van der Waals surface area contributed by atoms with E-state index < -0.39 is 0 Å². The van der Waals surface area contributed by atoms with Crippen LogP contribution >= 0.6 is 0 Å². The van der Waals surface area contributed by atoms with Gasteiger partial charge in [0.15, 0.2) is 0 Å². The van der Waals surface area contributed by atoms with E-state index in [0.29, 0.717) is 11.8 Å². The van der Waals surface area contributed by atoms with Crippen LogP contribution < -0.4 is 11.1 Å². The van der Waals surface area contributed by atoms with Crippen LogP contribution in [0.25, 0.3) is 0 Å². The van der Waals surface area contributed by atoms with Crippen LogP contribution in [0.4, 0.5) is 0 Å². The van der Waals surface area contributed by atoms with Gasteiger partial charge in [0.25, 0.3) is 0 Å². The van der Waals surface area contributed by atoms with Gasteiger partial charge < -0.3 is 15.5 Å². The molecule has 2 aromatic rings. The number of benzene rings is 1. The molecule has 0 spiro atoms. The summed E-state index contributed by atoms with van der Waals surface area (Å²) in [4.78, 5) is 0. The number of piperidine rings is 1. The number of nitrogens with one attached hydrogen (secondary N) is 1. The summed E-state index contributed by atoms with van der Waals surface area (Å²) in [6, 6.07) is 10.3. The molecule has 1 aliphatic heterocycles. The van der Waals surface area contributed by atoms with Gasteiger partial charge in [0, 0.05) is 6.54 Å². The molecule has 5 heteroatoms. The average Bonchev–Trinajstić information content (AvgIpc) is 3.00. The van der Waals surface area contributed by atoms with E-state index in [4.69, 9.17) is 10.2 Å². The zero-order valence-electron chi connectivity index (χ0n) is 12.4. The molecule has 0 aliphatic carbocycles. The zero-order valence-corrected chi connectivity index (χ0v) is 12.4. The predicted molar refractivity (Wildman–Crippen MR) is 80.8 cm³/mol. The smallest absolute Gasteiger partial charge is 0.232 e. The topological polar surface area (TPSA) is 77.0 Å². The van der Waals surface area contributed by atoms with Gasteiger partial charge in [-0.3, -0.25) is 0 Å². The summed E-state index contributed by atoms with van der Waals surface area (Å²) in [7, 11) is 0. The van der Waals surface area contributed by atoms with Crippen LogP contribution in [-0.4, -0.2) is 23.3 Å². The molecule has 3 N–H and O–H groups in total. The number of nitrogens with two attached hydrogens (primary N) is 1. The van der Waals surface area contributed by atoms with E-state index >= 15 is 0 Å². The van der Waals surface area contributed by atoms with Gasteiger partial charge >= 0.3 is 0 Å². The molecule has 112 valence electrons. The van der Waals surface area contributed by atoms with Crippen LogP contribution in [0.15, 0.2) is 34.7 Å². The van der Waals surface area contributed by atoms with Gasteiger partial charge in [-0.2, -0.15) is 0 Å². The highest BCUT2D eigenvalue weighted by atomic mass is 16.4. The quantitative estimate of drug-likeness (QED) is 0.898. The van der Waals surface area contributed by atoms with Crippen molar-refractivity contribution in [3.05, 3.63) is 47.7 Å². The highest BCUT2D eigenvalue weighted by molar-refractivity contribution is 5.22. The Morgan fingerprint density at radius 2 is 2.14 bits per heavy atom. The summed E-state index contributed by atoms with van der Waals surface area (Å²) in [5, 5.41) is 11.9. The van der Waals surface area contributed by atoms with Crippen molar-refractivity contribution in [1.29, 1.82) is 0 Å². The fourth-order valence-electron chi connectivity index (χ4n) is 3.00. The maximum absolute atomic E-state index is 5.87. The summed E-state index contributed by atoms with van der Waals surface area (Å²) in [6.45, 7) is 3.77. The monoisotopic (exact) mass is 286 g/mol. The Morgan fingerprint density at radius 1 is 1.33 bits per heavy atom. The van der Waals surface area contributed by atoms with Crippen molar-refractivity contribution in [3.63, 3.8) is 0 Å². The Morgan fingerprint density at radius 3 is 2.76 bits per heavy atom. The first-order valence-electron chi connectivity index (χ1n) is 7.54. The van der Waals surface area contributed by atoms with E-state index in [1.54, 1.807) is 0 Å². The minimum Gasteiger partial charge on any atom is -0.423 e. The maximum atomic E-state index is 5.87. The standard InChI is InChI=1S/C16H22N4O/c1-12(17)14-19-20-15(21-14)16(8-5-9-18-11-16)10-13-6-3-2-4-7-13/h2-4,6-7,12,18H,5,8-11,17H2,1H3. The molecule has 1 aromatic heterocycles. The minimum atomic E-state index is -0.225. The number of hydrogen-bond acceptors (Lipinski definition) is 5. The molecule has 21 heavy (non-hydrogen) atoms. The van der Waals surface area contributed by atoms with E-state index in [9.17, 15) is 0 Å². The first kappa shape index (κ1) is 14.2. The molecular formula is C16H22N4O. The van der Waals surface area contributed by atoms with Gasteiger partial charge in [0.2, 0.25) is 11.8 Å². The molecule has 0 amide bonds. The van der Waals surface area contributed by atoms with Crippen molar-refractivity contribution in [1.82, 2.24) is 15.5 Å². The van der Waals surface area contributed by atoms with Crippen molar-refractivity contribution in [3.8, 4) is 0 Å². The summed E-state index contributed by atoms with van der Waals surface area (Å²) < 4.78 is 5.87. The first-order chi connectivity index (χ1) is 10.2. The normalized spacial score (nSPS) is 23.9. The van der Waals surface area contributed by atoms with Gasteiger partial charge in [0.1, 0.15) is 0 Å². The van der Waals surface area contributed by atoms with Crippen LogP contribution in [0.3, 0.4) is 0 Å². The maximum Gasteiger partial charge on any atom is 0.232 e. The van der Waals surface area contributed by atoms with Crippen LogP contribution in [0.1, 0.15) is 43.2 Å². The lowest BCUT2D eigenvalue weighted by Crippen LogP contribution is -2.45. The molecule has 0 bridgehead atoms. The SMILES string of the molecule is CC(N)c1nnc(C2(Cc3ccccc3)CCCNC2)o1. The van der Waals surface area contributed by atoms with E-state index in [1.807, 2.05) is 13.0 Å².